The Morgan fingerprint density at radius 3 is 2.47 bits per heavy atom. The number of ketones is 1. The molecule has 1 aliphatic heterocycles. The smallest absolute Gasteiger partial charge is 0.295 e. The van der Waals surface area contributed by atoms with Gasteiger partial charge in [-0.2, -0.15) is 0 Å². The molecule has 1 N–H and O–H groups in total. The van der Waals surface area contributed by atoms with Crippen molar-refractivity contribution in [3.63, 3.8) is 0 Å². The minimum atomic E-state index is -0.659. The van der Waals surface area contributed by atoms with Crippen molar-refractivity contribution in [3.8, 4) is 5.75 Å². The number of ether oxygens (including phenoxy) is 1. The van der Waals surface area contributed by atoms with E-state index in [9.17, 15) is 14.7 Å². The molecule has 1 atom stereocenters. The predicted molar refractivity (Wildman–Crippen MR) is 116 cm³/mol. The molecule has 0 spiro atoms. The Bertz CT molecular complexity index is 1010. The fraction of sp³-hybridized carbons (Fsp3) is 0.333. The average molecular weight is 408 g/mol. The van der Waals surface area contributed by atoms with E-state index in [4.69, 9.17) is 4.74 Å². The van der Waals surface area contributed by atoms with Gasteiger partial charge in [0, 0.05) is 18.7 Å². The van der Waals surface area contributed by atoms with Crippen molar-refractivity contribution in [3.05, 3.63) is 70.3 Å². The van der Waals surface area contributed by atoms with Crippen molar-refractivity contribution in [1.82, 2.24) is 9.80 Å². The van der Waals surface area contributed by atoms with Crippen molar-refractivity contribution < 1.29 is 19.4 Å². The summed E-state index contributed by atoms with van der Waals surface area (Å²) in [4.78, 5) is 29.5. The van der Waals surface area contributed by atoms with Crippen molar-refractivity contribution in [2.24, 2.45) is 0 Å². The summed E-state index contributed by atoms with van der Waals surface area (Å²) < 4.78 is 5.24. The maximum Gasteiger partial charge on any atom is 0.295 e. The van der Waals surface area contributed by atoms with Crippen LogP contribution in [0.3, 0.4) is 0 Å². The second-order valence-corrected chi connectivity index (χ2v) is 7.89. The Kier molecular flexibility index (Phi) is 6.27. The number of carbonyl (C=O) groups is 2. The van der Waals surface area contributed by atoms with Crippen molar-refractivity contribution in [2.45, 2.75) is 19.9 Å². The molecule has 158 valence electrons. The van der Waals surface area contributed by atoms with E-state index in [1.807, 2.05) is 57.1 Å². The van der Waals surface area contributed by atoms with Gasteiger partial charge in [-0.3, -0.25) is 9.59 Å². The fourth-order valence-corrected chi connectivity index (χ4v) is 3.78. The van der Waals surface area contributed by atoms with Gasteiger partial charge in [0.05, 0.1) is 18.7 Å². The van der Waals surface area contributed by atoms with E-state index >= 15 is 0 Å². The third kappa shape index (κ3) is 4.09. The van der Waals surface area contributed by atoms with Gasteiger partial charge in [-0.15, -0.1) is 0 Å². The van der Waals surface area contributed by atoms with E-state index in [1.54, 1.807) is 30.2 Å². The van der Waals surface area contributed by atoms with Crippen LogP contribution in [0.1, 0.15) is 28.3 Å². The van der Waals surface area contributed by atoms with Crippen molar-refractivity contribution in [1.29, 1.82) is 0 Å². The molecule has 1 fully saturated rings. The number of aryl methyl sites for hydroxylation is 2. The molecular formula is C24H28N2O4. The first-order chi connectivity index (χ1) is 14.2. The number of likely N-dealkylation sites (tertiary alicyclic amines) is 1. The Balaban J connectivity index is 2.17. The van der Waals surface area contributed by atoms with E-state index < -0.39 is 17.7 Å². The molecule has 1 heterocycles. The van der Waals surface area contributed by atoms with E-state index in [2.05, 4.69) is 0 Å². The highest BCUT2D eigenvalue weighted by molar-refractivity contribution is 6.46. The molecule has 0 saturated carbocycles. The highest BCUT2D eigenvalue weighted by Crippen LogP contribution is 2.40. The molecule has 3 rings (SSSR count). The fourth-order valence-electron chi connectivity index (χ4n) is 3.78. The first-order valence-electron chi connectivity index (χ1n) is 9.89. The maximum atomic E-state index is 13.0. The monoisotopic (exact) mass is 408 g/mol. The largest absolute Gasteiger partial charge is 0.507 e. The van der Waals surface area contributed by atoms with Gasteiger partial charge in [0.2, 0.25) is 0 Å². The number of hydrogen-bond donors (Lipinski definition) is 1. The number of aliphatic hydroxyl groups is 1. The molecule has 6 heteroatoms. The molecule has 0 aromatic heterocycles. The summed E-state index contributed by atoms with van der Waals surface area (Å²) in [6, 6.07) is 12.3. The second kappa shape index (κ2) is 8.71. The number of rotatable bonds is 6. The zero-order valence-corrected chi connectivity index (χ0v) is 18.1. The summed E-state index contributed by atoms with van der Waals surface area (Å²) in [5, 5.41) is 11.2. The zero-order chi connectivity index (χ0) is 22.0. The third-order valence-corrected chi connectivity index (χ3v) is 5.37. The molecule has 1 unspecified atom stereocenters. The standard InChI is InChI=1S/C24H28N2O4/c1-15-7-6-8-17(13-15)21-20(23(28)24(29)26(21)12-11-25(3)4)22(27)19-10-9-18(30-5)14-16(19)2/h6-10,13-14,21,27H,11-12H2,1-5H3/b22-20-. The van der Waals surface area contributed by atoms with Gasteiger partial charge in [0.15, 0.2) is 0 Å². The number of hydrogen-bond acceptors (Lipinski definition) is 5. The Hall–Kier alpha value is -3.12. The summed E-state index contributed by atoms with van der Waals surface area (Å²) in [6.07, 6.45) is 0. The van der Waals surface area contributed by atoms with Gasteiger partial charge in [0.25, 0.3) is 11.7 Å². The lowest BCUT2D eigenvalue weighted by atomic mass is 9.93. The molecule has 0 bridgehead atoms. The van der Waals surface area contributed by atoms with E-state index in [0.29, 0.717) is 24.4 Å². The van der Waals surface area contributed by atoms with Crippen LogP contribution in [0.2, 0.25) is 0 Å². The number of likely N-dealkylation sites (N-methyl/N-ethyl adjacent to an activating group) is 1. The lowest BCUT2D eigenvalue weighted by molar-refractivity contribution is -0.140. The first kappa shape index (κ1) is 21.6. The quantitative estimate of drug-likeness (QED) is 0.451. The van der Waals surface area contributed by atoms with Gasteiger partial charge in [-0.05, 0) is 57.3 Å². The first-order valence-corrected chi connectivity index (χ1v) is 9.89. The maximum absolute atomic E-state index is 13.0. The van der Waals surface area contributed by atoms with Crippen LogP contribution in [-0.2, 0) is 9.59 Å². The number of carbonyl (C=O) groups excluding carboxylic acids is 2. The summed E-state index contributed by atoms with van der Waals surface area (Å²) in [5.41, 5.74) is 3.22. The summed E-state index contributed by atoms with van der Waals surface area (Å²) >= 11 is 0. The number of methoxy groups -OCH3 is 1. The molecule has 6 nitrogen and oxygen atoms in total. The molecule has 30 heavy (non-hydrogen) atoms. The van der Waals surface area contributed by atoms with Crippen LogP contribution in [0, 0.1) is 13.8 Å². The topological polar surface area (TPSA) is 70.1 Å². The zero-order valence-electron chi connectivity index (χ0n) is 18.1. The minimum absolute atomic E-state index is 0.123. The Morgan fingerprint density at radius 1 is 1.13 bits per heavy atom. The number of amides is 1. The number of benzene rings is 2. The highest BCUT2D eigenvalue weighted by Gasteiger charge is 2.46. The van der Waals surface area contributed by atoms with Gasteiger partial charge in [-0.25, -0.2) is 0 Å². The van der Waals surface area contributed by atoms with Crippen molar-refractivity contribution in [2.75, 3.05) is 34.3 Å². The Morgan fingerprint density at radius 2 is 1.87 bits per heavy atom. The molecule has 2 aromatic rings. The molecule has 0 radical (unpaired) electrons. The number of nitrogens with zero attached hydrogens (tertiary/aromatic N) is 2. The highest BCUT2D eigenvalue weighted by atomic mass is 16.5. The minimum Gasteiger partial charge on any atom is -0.507 e. The van der Waals surface area contributed by atoms with Crippen LogP contribution in [0.4, 0.5) is 0 Å². The van der Waals surface area contributed by atoms with Crippen LogP contribution >= 0.6 is 0 Å². The molecule has 1 amide bonds. The molecule has 2 aromatic carbocycles. The van der Waals surface area contributed by atoms with Crippen molar-refractivity contribution >= 4 is 17.4 Å². The van der Waals surface area contributed by atoms with Gasteiger partial charge in [-0.1, -0.05) is 29.8 Å². The van der Waals surface area contributed by atoms with E-state index in [-0.39, 0.29) is 11.3 Å². The van der Waals surface area contributed by atoms with Crippen LogP contribution in [-0.4, -0.2) is 60.9 Å². The summed E-state index contributed by atoms with van der Waals surface area (Å²) in [6.45, 7) is 4.79. The van der Waals surface area contributed by atoms with Crippen LogP contribution < -0.4 is 4.74 Å². The second-order valence-electron chi connectivity index (χ2n) is 7.89. The third-order valence-electron chi connectivity index (χ3n) is 5.37. The SMILES string of the molecule is COc1ccc(/C(O)=C2/C(=O)C(=O)N(CCN(C)C)C2c2cccc(C)c2)c(C)c1. The average Bonchev–Trinajstić information content (AvgIpc) is 2.96. The predicted octanol–water partition coefficient (Wildman–Crippen LogP) is 3.30. The molecule has 1 saturated heterocycles. The van der Waals surface area contributed by atoms with Crippen LogP contribution in [0.25, 0.3) is 5.76 Å². The molecular weight excluding hydrogens is 380 g/mol. The lowest BCUT2D eigenvalue weighted by Gasteiger charge is -2.27. The van der Waals surface area contributed by atoms with E-state index in [1.165, 1.54) is 0 Å². The summed E-state index contributed by atoms with van der Waals surface area (Å²) in [7, 11) is 5.40. The Labute approximate surface area is 177 Å². The molecule has 1 aliphatic rings. The van der Waals surface area contributed by atoms with Crippen LogP contribution in [0.15, 0.2) is 48.0 Å². The van der Waals surface area contributed by atoms with Gasteiger partial charge in [0.1, 0.15) is 11.5 Å². The number of Topliss-reactive ketones (excluding diaryl/α,β-unsaturated/α-hetero) is 1. The normalized spacial score (nSPS) is 18.3. The van der Waals surface area contributed by atoms with E-state index in [0.717, 1.165) is 16.7 Å². The van der Waals surface area contributed by atoms with Gasteiger partial charge >= 0.3 is 0 Å². The lowest BCUT2D eigenvalue weighted by Crippen LogP contribution is -2.35. The molecule has 0 aliphatic carbocycles. The summed E-state index contributed by atoms with van der Waals surface area (Å²) in [5.74, 6) is -0.748. The van der Waals surface area contributed by atoms with Gasteiger partial charge < -0.3 is 19.6 Å². The van der Waals surface area contributed by atoms with Crippen LogP contribution in [0.5, 0.6) is 5.75 Å². The number of aliphatic hydroxyl groups excluding tert-OH is 1.